The van der Waals surface area contributed by atoms with Gasteiger partial charge in [-0.05, 0) is 36.8 Å². The summed E-state index contributed by atoms with van der Waals surface area (Å²) in [5.74, 6) is 0. The van der Waals surface area contributed by atoms with Crippen molar-refractivity contribution >= 4 is 5.69 Å². The molecule has 102 valence electrons. The van der Waals surface area contributed by atoms with E-state index in [0.717, 1.165) is 38.8 Å². The fraction of sp³-hybridized carbons (Fsp3) is 0.562. The van der Waals surface area contributed by atoms with Crippen molar-refractivity contribution in [2.45, 2.75) is 45.1 Å². The number of nitriles is 1. The summed E-state index contributed by atoms with van der Waals surface area (Å²) in [5.41, 5.74) is 9.62. The van der Waals surface area contributed by atoms with Gasteiger partial charge in [-0.15, -0.1) is 0 Å². The zero-order chi connectivity index (χ0) is 13.9. The van der Waals surface area contributed by atoms with Gasteiger partial charge >= 0.3 is 0 Å². The Morgan fingerprint density at radius 1 is 1.21 bits per heavy atom. The van der Waals surface area contributed by atoms with E-state index in [1.54, 1.807) is 0 Å². The summed E-state index contributed by atoms with van der Waals surface area (Å²) in [6.07, 6.45) is 3.60. The van der Waals surface area contributed by atoms with Gasteiger partial charge < -0.3 is 10.6 Å². The van der Waals surface area contributed by atoms with Crippen molar-refractivity contribution in [3.8, 4) is 6.07 Å². The fourth-order valence-corrected chi connectivity index (χ4v) is 2.86. The van der Waals surface area contributed by atoms with Gasteiger partial charge in [0.25, 0.3) is 0 Å². The second kappa shape index (κ2) is 5.63. The van der Waals surface area contributed by atoms with Crippen LogP contribution in [0.25, 0.3) is 0 Å². The number of hydrogen-bond donors (Lipinski definition) is 1. The van der Waals surface area contributed by atoms with E-state index in [4.69, 9.17) is 11.0 Å². The van der Waals surface area contributed by atoms with E-state index in [2.05, 4.69) is 43.0 Å². The molecule has 0 radical (unpaired) electrons. The Labute approximate surface area is 116 Å². The number of anilines is 1. The molecule has 1 saturated heterocycles. The average molecular weight is 257 g/mol. The van der Waals surface area contributed by atoms with Gasteiger partial charge in [-0.1, -0.05) is 32.0 Å². The molecule has 1 aliphatic rings. The van der Waals surface area contributed by atoms with E-state index >= 15 is 0 Å². The topological polar surface area (TPSA) is 53.0 Å². The number of nitrogens with zero attached hydrogens (tertiary/aromatic N) is 2. The van der Waals surface area contributed by atoms with Crippen molar-refractivity contribution < 1.29 is 0 Å². The molecule has 0 saturated carbocycles. The van der Waals surface area contributed by atoms with E-state index < -0.39 is 5.54 Å². The Morgan fingerprint density at radius 3 is 2.16 bits per heavy atom. The molecule has 0 bridgehead atoms. The fourth-order valence-electron chi connectivity index (χ4n) is 2.86. The Hall–Kier alpha value is -1.53. The third-order valence-electron chi connectivity index (χ3n) is 4.16. The summed E-state index contributed by atoms with van der Waals surface area (Å²) in [5, 5.41) is 9.12. The van der Waals surface area contributed by atoms with Crippen LogP contribution < -0.4 is 10.6 Å². The van der Waals surface area contributed by atoms with Crippen LogP contribution in [0.15, 0.2) is 18.2 Å². The second-order valence-electron chi connectivity index (χ2n) is 5.39. The molecule has 0 spiro atoms. The Kier molecular flexibility index (Phi) is 4.11. The van der Waals surface area contributed by atoms with Crippen LogP contribution in [0.3, 0.4) is 0 Å². The smallest absolute Gasteiger partial charge is 0.107 e. The summed E-state index contributed by atoms with van der Waals surface area (Å²) in [6.45, 7) is 6.16. The molecule has 1 aromatic rings. The van der Waals surface area contributed by atoms with Crippen LogP contribution in [-0.2, 0) is 12.8 Å². The normalized spacial score (nSPS) is 18.1. The van der Waals surface area contributed by atoms with Crippen molar-refractivity contribution in [1.29, 1.82) is 5.26 Å². The molecule has 1 aliphatic heterocycles. The summed E-state index contributed by atoms with van der Waals surface area (Å²) < 4.78 is 0. The highest BCUT2D eigenvalue weighted by molar-refractivity contribution is 5.60. The monoisotopic (exact) mass is 257 g/mol. The van der Waals surface area contributed by atoms with E-state index in [1.807, 2.05) is 0 Å². The lowest BCUT2D eigenvalue weighted by Gasteiger charge is -2.38. The molecule has 2 rings (SSSR count). The highest BCUT2D eigenvalue weighted by Crippen LogP contribution is 2.31. The van der Waals surface area contributed by atoms with Gasteiger partial charge in [-0.25, -0.2) is 0 Å². The molecule has 0 amide bonds. The molecule has 1 fully saturated rings. The SMILES string of the molecule is CCc1cccc(CC)c1N1CCC(N)(C#N)CC1. The van der Waals surface area contributed by atoms with Crippen LogP contribution in [0.2, 0.25) is 0 Å². The van der Waals surface area contributed by atoms with E-state index in [1.165, 1.54) is 16.8 Å². The van der Waals surface area contributed by atoms with Crippen LogP contribution in [0, 0.1) is 11.3 Å². The predicted molar refractivity (Wildman–Crippen MR) is 79.2 cm³/mol. The number of aryl methyl sites for hydroxylation is 2. The van der Waals surface area contributed by atoms with Crippen LogP contribution >= 0.6 is 0 Å². The molecule has 3 heteroatoms. The number of benzene rings is 1. The first-order valence-corrected chi connectivity index (χ1v) is 7.19. The lowest BCUT2D eigenvalue weighted by molar-refractivity contribution is 0.414. The minimum atomic E-state index is -0.621. The van der Waals surface area contributed by atoms with Crippen molar-refractivity contribution in [3.63, 3.8) is 0 Å². The second-order valence-corrected chi connectivity index (χ2v) is 5.39. The average Bonchev–Trinajstić information content (AvgIpc) is 2.47. The maximum absolute atomic E-state index is 9.12. The number of nitrogens with two attached hydrogens (primary N) is 1. The summed E-state index contributed by atoms with van der Waals surface area (Å²) in [4.78, 5) is 2.42. The molecule has 1 aromatic carbocycles. The van der Waals surface area contributed by atoms with E-state index in [0.29, 0.717) is 0 Å². The zero-order valence-electron chi connectivity index (χ0n) is 11.9. The minimum absolute atomic E-state index is 0.621. The first-order chi connectivity index (χ1) is 9.13. The molecular formula is C16H23N3. The van der Waals surface area contributed by atoms with E-state index in [9.17, 15) is 0 Å². The van der Waals surface area contributed by atoms with Crippen molar-refractivity contribution in [3.05, 3.63) is 29.3 Å². The Bertz CT molecular complexity index is 457. The standard InChI is InChI=1S/C16H23N3/c1-3-13-6-5-7-14(4-2)15(13)19-10-8-16(18,12-17)9-11-19/h5-7H,3-4,8-11,18H2,1-2H3. The van der Waals surface area contributed by atoms with Gasteiger partial charge in [0.2, 0.25) is 0 Å². The van der Waals surface area contributed by atoms with Crippen LogP contribution in [0.1, 0.15) is 37.8 Å². The molecule has 1 heterocycles. The molecule has 0 aromatic heterocycles. The maximum Gasteiger partial charge on any atom is 0.107 e. The zero-order valence-corrected chi connectivity index (χ0v) is 11.9. The summed E-state index contributed by atoms with van der Waals surface area (Å²) in [6, 6.07) is 8.83. The first kappa shape index (κ1) is 13.9. The number of hydrogen-bond acceptors (Lipinski definition) is 3. The minimum Gasteiger partial charge on any atom is -0.371 e. The van der Waals surface area contributed by atoms with Gasteiger partial charge in [-0.3, -0.25) is 0 Å². The molecular weight excluding hydrogens is 234 g/mol. The van der Waals surface area contributed by atoms with Crippen LogP contribution in [0.4, 0.5) is 5.69 Å². The summed E-state index contributed by atoms with van der Waals surface area (Å²) in [7, 11) is 0. The van der Waals surface area contributed by atoms with Gasteiger partial charge in [0.15, 0.2) is 0 Å². The number of rotatable bonds is 3. The molecule has 0 atom stereocenters. The van der Waals surface area contributed by atoms with Crippen molar-refractivity contribution in [2.75, 3.05) is 18.0 Å². The van der Waals surface area contributed by atoms with Gasteiger partial charge in [-0.2, -0.15) is 5.26 Å². The van der Waals surface area contributed by atoms with Crippen molar-refractivity contribution in [2.24, 2.45) is 5.73 Å². The highest BCUT2D eigenvalue weighted by Gasteiger charge is 2.31. The third kappa shape index (κ3) is 2.74. The molecule has 3 nitrogen and oxygen atoms in total. The highest BCUT2D eigenvalue weighted by atomic mass is 15.1. The van der Waals surface area contributed by atoms with Crippen LogP contribution in [0.5, 0.6) is 0 Å². The Morgan fingerprint density at radius 2 is 1.74 bits per heavy atom. The lowest BCUT2D eigenvalue weighted by Crippen LogP contribution is -2.49. The van der Waals surface area contributed by atoms with Gasteiger partial charge in [0, 0.05) is 18.8 Å². The molecule has 0 unspecified atom stereocenters. The van der Waals surface area contributed by atoms with Gasteiger partial charge in [0.1, 0.15) is 5.54 Å². The first-order valence-electron chi connectivity index (χ1n) is 7.19. The number of piperidine rings is 1. The third-order valence-corrected chi connectivity index (χ3v) is 4.16. The molecule has 19 heavy (non-hydrogen) atoms. The van der Waals surface area contributed by atoms with Crippen LogP contribution in [-0.4, -0.2) is 18.6 Å². The molecule has 0 aliphatic carbocycles. The predicted octanol–water partition coefficient (Wildman–Crippen LogP) is 2.63. The maximum atomic E-state index is 9.12. The largest absolute Gasteiger partial charge is 0.371 e. The number of para-hydroxylation sites is 1. The quantitative estimate of drug-likeness (QED) is 0.905. The Balaban J connectivity index is 2.26. The van der Waals surface area contributed by atoms with Gasteiger partial charge in [0.05, 0.1) is 6.07 Å². The van der Waals surface area contributed by atoms with E-state index in [-0.39, 0.29) is 0 Å². The van der Waals surface area contributed by atoms with Crippen molar-refractivity contribution in [1.82, 2.24) is 0 Å². The lowest BCUT2D eigenvalue weighted by atomic mass is 9.89. The molecule has 2 N–H and O–H groups in total. The summed E-state index contributed by atoms with van der Waals surface area (Å²) >= 11 is 0.